The molecule has 4 heterocycles. The molecular weight excluding hydrogens is 1800 g/mol. The first-order chi connectivity index (χ1) is 71.3. The molecule has 0 bridgehead atoms. The van der Waals surface area contributed by atoms with E-state index in [1.807, 2.05) is 0 Å². The van der Waals surface area contributed by atoms with Crippen molar-refractivity contribution in [1.82, 2.24) is 9.13 Å². The summed E-state index contributed by atoms with van der Waals surface area (Å²) in [6, 6.07) is 159. The molecule has 3 aliphatic carbocycles. The van der Waals surface area contributed by atoms with E-state index < -0.39 is 16.2 Å². The van der Waals surface area contributed by atoms with Crippen molar-refractivity contribution in [3.05, 3.63) is 484 Å². The second-order valence-electron chi connectivity index (χ2n) is 50.4. The van der Waals surface area contributed by atoms with E-state index in [0.717, 1.165) is 112 Å². The first kappa shape index (κ1) is 93.2. The Hall–Kier alpha value is -15.6. The van der Waals surface area contributed by atoms with Gasteiger partial charge in [0.25, 0.3) is 6.71 Å². The third-order valence-corrected chi connectivity index (χ3v) is 34.1. The zero-order chi connectivity index (χ0) is 103. The fourth-order valence-electron chi connectivity index (χ4n) is 26.3. The molecule has 0 fully saturated rings. The van der Waals surface area contributed by atoms with Gasteiger partial charge in [-0.3, -0.25) is 0 Å². The summed E-state index contributed by atoms with van der Waals surface area (Å²) in [6.07, 6.45) is 0. The van der Waals surface area contributed by atoms with Gasteiger partial charge in [0.05, 0.1) is 44.3 Å². The molecule has 19 aromatic carbocycles. The van der Waals surface area contributed by atoms with Crippen molar-refractivity contribution in [3.8, 4) is 89.3 Å². The van der Waals surface area contributed by atoms with Crippen molar-refractivity contribution in [2.75, 3.05) is 9.80 Å². The van der Waals surface area contributed by atoms with Gasteiger partial charge in [0.15, 0.2) is 0 Å². The average molecular weight is 1930 g/mol. The lowest BCUT2D eigenvalue weighted by Gasteiger charge is -2.47. The second-order valence-corrected chi connectivity index (χ2v) is 50.4. The van der Waals surface area contributed by atoms with Crippen molar-refractivity contribution in [2.24, 2.45) is 0 Å². The molecule has 0 N–H and O–H groups in total. The number of hydrogen-bond donors (Lipinski definition) is 0. The summed E-state index contributed by atoms with van der Waals surface area (Å²) < 4.78 is 5.29. The molecule has 0 saturated heterocycles. The summed E-state index contributed by atoms with van der Waals surface area (Å²) in [6.45, 7) is 49.6. The number of fused-ring (bicyclic) bond motifs is 23. The van der Waals surface area contributed by atoms with Crippen LogP contribution in [0.1, 0.15) is 229 Å². The standard InChI is InChI=1S/C144H129BN4/c1-136(2,3)92-64-56-88(57-65-92)109-76-98(140(13,14)15)77-110(89-58-66-93(67-59-89)137(4,5)6)134(109)148-129-82-101(146-125-54-38-32-48-107(125)115-84-113-105-46-30-34-50-117(105)143(121(113)86-127(115)146,96-40-24-22-25-41-96)97-42-26-23-27-43-97)72-74-123(129)145-124-75-73-102(147-126-55-39-33-49-108(126)116-85-114-106-47-31-37-53-120(106)144(122(114)87-128(116)147)118-51-35-28-44-103(118)104-45-29-36-52-119(104)144)83-130(124)149(132-81-100(142(19,20)21)80-131(148)133(132)145)135-111(90-60-68-94(69-61-90)138(7,8)9)78-99(141(16,17)18)79-112(135)91-62-70-95(71-63-91)139(10,11)12/h22-87H,1-21H3. The average Bonchev–Trinajstić information content (AvgIpc) is 1.50. The third kappa shape index (κ3) is 14.2. The first-order valence-electron chi connectivity index (χ1n) is 53.9. The molecule has 0 radical (unpaired) electrons. The Kier molecular flexibility index (Phi) is 20.6. The van der Waals surface area contributed by atoms with Crippen molar-refractivity contribution in [3.63, 3.8) is 0 Å². The molecule has 728 valence electrons. The number of rotatable bonds is 10. The molecule has 0 amide bonds. The minimum atomic E-state index is -0.663. The van der Waals surface area contributed by atoms with Gasteiger partial charge in [-0.2, -0.15) is 0 Å². The maximum atomic E-state index is 2.83. The van der Waals surface area contributed by atoms with E-state index in [2.05, 4.69) is 565 Å². The van der Waals surface area contributed by atoms with Crippen molar-refractivity contribution in [2.45, 2.75) is 194 Å². The Morgan fingerprint density at radius 3 is 0.785 bits per heavy atom. The zero-order valence-electron chi connectivity index (χ0n) is 90.0. The van der Waals surface area contributed by atoms with E-state index in [-0.39, 0.29) is 39.2 Å². The van der Waals surface area contributed by atoms with Gasteiger partial charge >= 0.3 is 0 Å². The van der Waals surface area contributed by atoms with Gasteiger partial charge in [-0.15, -0.1) is 0 Å². The summed E-state index contributed by atoms with van der Waals surface area (Å²) in [4.78, 5) is 5.66. The first-order valence-corrected chi connectivity index (χ1v) is 53.9. The normalized spacial score (nSPS) is 14.3. The van der Waals surface area contributed by atoms with Crippen LogP contribution >= 0.6 is 0 Å². The van der Waals surface area contributed by atoms with Crippen LogP contribution in [0.15, 0.2) is 400 Å². The van der Waals surface area contributed by atoms with E-state index >= 15 is 0 Å². The van der Waals surface area contributed by atoms with E-state index in [0.29, 0.717) is 0 Å². The summed E-state index contributed by atoms with van der Waals surface area (Å²) in [5.41, 5.74) is 50.5. The lowest BCUT2D eigenvalue weighted by molar-refractivity contribution is 0.589. The zero-order valence-corrected chi connectivity index (χ0v) is 90.0. The van der Waals surface area contributed by atoms with Gasteiger partial charge in [-0.05, 0) is 290 Å². The molecule has 5 heteroatoms. The van der Waals surface area contributed by atoms with E-state index in [1.165, 1.54) is 155 Å². The monoisotopic (exact) mass is 1930 g/mol. The maximum Gasteiger partial charge on any atom is 0.252 e. The molecule has 5 aliphatic rings. The second kappa shape index (κ2) is 33.0. The summed E-state index contributed by atoms with van der Waals surface area (Å²) in [5.74, 6) is 0. The summed E-state index contributed by atoms with van der Waals surface area (Å²) in [7, 11) is 0. The van der Waals surface area contributed by atoms with Crippen LogP contribution in [0, 0.1) is 0 Å². The van der Waals surface area contributed by atoms with Crippen LogP contribution in [0.2, 0.25) is 0 Å². The number of aromatic nitrogens is 2. The third-order valence-electron chi connectivity index (χ3n) is 34.1. The van der Waals surface area contributed by atoms with Crippen LogP contribution in [-0.2, 0) is 48.7 Å². The van der Waals surface area contributed by atoms with Crippen molar-refractivity contribution in [1.29, 1.82) is 0 Å². The smallest absolute Gasteiger partial charge is 0.252 e. The molecule has 1 spiro atoms. The predicted molar refractivity (Wildman–Crippen MR) is 635 cm³/mol. The largest absolute Gasteiger partial charge is 0.310 e. The predicted octanol–water partition coefficient (Wildman–Crippen LogP) is 36.4. The fraction of sp³-hybridized carbons (Fsp3) is 0.208. The molecule has 2 aromatic heterocycles. The highest BCUT2D eigenvalue weighted by Gasteiger charge is 2.54. The Bertz CT molecular complexity index is 8450. The number of anilines is 6. The van der Waals surface area contributed by atoms with E-state index in [1.54, 1.807) is 0 Å². The molecule has 149 heavy (non-hydrogen) atoms. The molecular formula is C144H129BN4. The Balaban J connectivity index is 0.830. The molecule has 21 aromatic rings. The molecule has 4 nitrogen and oxygen atoms in total. The minimum Gasteiger partial charge on any atom is -0.310 e. The highest BCUT2D eigenvalue weighted by molar-refractivity contribution is 7.00. The fourth-order valence-corrected chi connectivity index (χ4v) is 26.3. The lowest BCUT2D eigenvalue weighted by Crippen LogP contribution is -2.61. The van der Waals surface area contributed by atoms with Crippen LogP contribution < -0.4 is 26.2 Å². The molecule has 26 rings (SSSR count). The van der Waals surface area contributed by atoms with Crippen molar-refractivity contribution < 1.29 is 0 Å². The molecule has 2 aliphatic heterocycles. The number of hydrogen-bond acceptors (Lipinski definition) is 2. The molecule has 0 unspecified atom stereocenters. The lowest BCUT2D eigenvalue weighted by atomic mass is 9.33. The van der Waals surface area contributed by atoms with E-state index in [4.69, 9.17) is 0 Å². The van der Waals surface area contributed by atoms with Crippen LogP contribution in [0.3, 0.4) is 0 Å². The Labute approximate surface area is 880 Å². The molecule has 0 saturated carbocycles. The van der Waals surface area contributed by atoms with Gasteiger partial charge < -0.3 is 18.9 Å². The van der Waals surface area contributed by atoms with Crippen LogP contribution in [0.5, 0.6) is 0 Å². The maximum absolute atomic E-state index is 2.83. The Morgan fingerprint density at radius 2 is 0.463 bits per heavy atom. The minimum absolute atomic E-state index is 0.113. The van der Waals surface area contributed by atoms with Crippen LogP contribution in [-0.4, -0.2) is 15.8 Å². The highest BCUT2D eigenvalue weighted by atomic mass is 15.2. The van der Waals surface area contributed by atoms with Crippen molar-refractivity contribution >= 4 is 101 Å². The van der Waals surface area contributed by atoms with Crippen LogP contribution in [0.4, 0.5) is 34.1 Å². The number of para-hydroxylation sites is 2. The SMILES string of the molecule is CC(C)(C)c1ccc(-c2cc(C(C)(C)C)cc(-c3ccc(C(C)(C)C)cc3)c2N2c3cc(-n4c5ccccc5c5cc6c(cc54)C(c4ccccc4)(c4ccccc4)c4ccccc4-6)ccc3B3c4ccc(-n5c6ccccc6c6cc7c(cc65)C5(c6ccccc6-c6ccccc65)c5ccccc5-7)cc4N(c4c(-c5ccc(C(C)(C)C)cc5)cc(C(C)(C)C)cc4-c4ccc(C(C)(C)C)cc4)c4cc(C(C)(C)C)cc2c43)cc1. The van der Waals surface area contributed by atoms with Gasteiger partial charge in [0.1, 0.15) is 0 Å². The van der Waals surface area contributed by atoms with Gasteiger partial charge in [0, 0.05) is 77.9 Å². The van der Waals surface area contributed by atoms with Crippen LogP contribution in [0.25, 0.3) is 133 Å². The Morgan fingerprint density at radius 1 is 0.188 bits per heavy atom. The topological polar surface area (TPSA) is 16.3 Å². The van der Waals surface area contributed by atoms with Gasteiger partial charge in [-0.1, -0.05) is 449 Å². The van der Waals surface area contributed by atoms with Gasteiger partial charge in [-0.25, -0.2) is 0 Å². The summed E-state index contributed by atoms with van der Waals surface area (Å²) in [5, 5.41) is 4.84. The highest BCUT2D eigenvalue weighted by Crippen LogP contribution is 2.66. The number of benzene rings is 19. The molecule has 0 atom stereocenters. The van der Waals surface area contributed by atoms with E-state index in [9.17, 15) is 0 Å². The number of nitrogens with zero attached hydrogens (tertiary/aromatic N) is 4. The quantitative estimate of drug-likeness (QED) is 0.127. The summed E-state index contributed by atoms with van der Waals surface area (Å²) >= 11 is 0. The van der Waals surface area contributed by atoms with Gasteiger partial charge in [0.2, 0.25) is 0 Å².